The summed E-state index contributed by atoms with van der Waals surface area (Å²) in [5, 5.41) is 9.63. The zero-order valence-electron chi connectivity index (χ0n) is 16.6. The highest BCUT2D eigenvalue weighted by Gasteiger charge is 2.52. The van der Waals surface area contributed by atoms with Crippen molar-refractivity contribution in [2.75, 3.05) is 19.6 Å². The van der Waals surface area contributed by atoms with Crippen LogP contribution in [-0.2, 0) is 9.59 Å². The molecule has 1 N–H and O–H groups in total. The second-order valence-corrected chi connectivity index (χ2v) is 8.91. The Morgan fingerprint density at radius 3 is 2.36 bits per heavy atom. The number of benzene rings is 1. The van der Waals surface area contributed by atoms with Gasteiger partial charge in [-0.05, 0) is 63.0 Å². The molecule has 3 fully saturated rings. The van der Waals surface area contributed by atoms with Crippen molar-refractivity contribution in [3.63, 3.8) is 0 Å². The Labute approximate surface area is 165 Å². The van der Waals surface area contributed by atoms with Gasteiger partial charge in [0.25, 0.3) is 5.91 Å². The molecule has 1 atom stereocenters. The van der Waals surface area contributed by atoms with E-state index in [9.17, 15) is 19.5 Å². The number of carbonyl (C=O) groups is 3. The molecular formula is C22H28N2O4. The molecule has 28 heavy (non-hydrogen) atoms. The molecule has 1 aliphatic carbocycles. The third-order valence-electron chi connectivity index (χ3n) is 6.73. The van der Waals surface area contributed by atoms with E-state index in [2.05, 4.69) is 0 Å². The Hall–Kier alpha value is -2.37. The van der Waals surface area contributed by atoms with Crippen LogP contribution in [0.3, 0.4) is 0 Å². The smallest absolute Gasteiger partial charge is 0.326 e. The van der Waals surface area contributed by atoms with Crippen LogP contribution in [0, 0.1) is 25.2 Å². The van der Waals surface area contributed by atoms with Gasteiger partial charge in [-0.3, -0.25) is 9.59 Å². The van der Waals surface area contributed by atoms with Gasteiger partial charge in [0, 0.05) is 31.1 Å². The van der Waals surface area contributed by atoms with E-state index in [0.717, 1.165) is 42.4 Å². The average molecular weight is 384 g/mol. The monoisotopic (exact) mass is 384 g/mol. The number of aliphatic carboxylic acids is 1. The molecule has 6 heteroatoms. The number of aryl methyl sites for hydroxylation is 2. The van der Waals surface area contributed by atoms with Crippen LogP contribution in [0.4, 0.5) is 0 Å². The number of carboxylic acid groups (broad SMARTS) is 1. The lowest BCUT2D eigenvalue weighted by atomic mass is 9.76. The molecule has 3 aliphatic rings. The minimum atomic E-state index is -0.903. The number of hydrogen-bond acceptors (Lipinski definition) is 3. The van der Waals surface area contributed by atoms with Gasteiger partial charge in [0.2, 0.25) is 5.91 Å². The lowest BCUT2D eigenvalue weighted by molar-refractivity contribution is -0.148. The molecule has 1 spiro atoms. The van der Waals surface area contributed by atoms with Gasteiger partial charge >= 0.3 is 5.97 Å². The maximum atomic E-state index is 12.9. The molecule has 0 bridgehead atoms. The molecule has 0 radical (unpaired) electrons. The highest BCUT2D eigenvalue weighted by molar-refractivity contribution is 5.95. The van der Waals surface area contributed by atoms with E-state index >= 15 is 0 Å². The zero-order chi connectivity index (χ0) is 20.1. The molecule has 2 amide bonds. The van der Waals surface area contributed by atoms with E-state index in [4.69, 9.17) is 0 Å². The van der Waals surface area contributed by atoms with Crippen molar-refractivity contribution < 1.29 is 19.5 Å². The normalized spacial score (nSPS) is 23.9. The average Bonchev–Trinajstić information content (AvgIpc) is 3.44. The predicted octanol–water partition coefficient (Wildman–Crippen LogP) is 2.62. The van der Waals surface area contributed by atoms with Crippen LogP contribution >= 0.6 is 0 Å². The van der Waals surface area contributed by atoms with Crippen LogP contribution in [0.25, 0.3) is 0 Å². The van der Waals surface area contributed by atoms with E-state index < -0.39 is 12.0 Å². The van der Waals surface area contributed by atoms with Gasteiger partial charge in [0.05, 0.1) is 0 Å². The fourth-order valence-corrected chi connectivity index (χ4v) is 4.84. The first-order chi connectivity index (χ1) is 13.3. The SMILES string of the molecule is Cc1ccc(C(=O)N2CCC3(CC2)C[C@@H](C(=O)O)N(C(=O)C2CC2)C3)c(C)c1. The summed E-state index contributed by atoms with van der Waals surface area (Å²) >= 11 is 0. The molecular weight excluding hydrogens is 356 g/mol. The van der Waals surface area contributed by atoms with E-state index in [-0.39, 0.29) is 23.1 Å². The van der Waals surface area contributed by atoms with Crippen molar-refractivity contribution >= 4 is 17.8 Å². The number of rotatable bonds is 3. The van der Waals surface area contributed by atoms with Crippen molar-refractivity contribution in [2.45, 2.75) is 52.0 Å². The van der Waals surface area contributed by atoms with Crippen molar-refractivity contribution in [3.05, 3.63) is 34.9 Å². The molecule has 0 aromatic heterocycles. The summed E-state index contributed by atoms with van der Waals surface area (Å²) in [5.74, 6) is -0.813. The van der Waals surface area contributed by atoms with Gasteiger partial charge in [-0.15, -0.1) is 0 Å². The fraction of sp³-hybridized carbons (Fsp3) is 0.591. The fourth-order valence-electron chi connectivity index (χ4n) is 4.84. The Bertz CT molecular complexity index is 822. The molecule has 0 unspecified atom stereocenters. The van der Waals surface area contributed by atoms with Crippen LogP contribution in [0.1, 0.15) is 53.6 Å². The van der Waals surface area contributed by atoms with E-state index in [1.54, 1.807) is 4.90 Å². The maximum Gasteiger partial charge on any atom is 0.326 e. The molecule has 1 saturated carbocycles. The number of hydrogen-bond donors (Lipinski definition) is 1. The third kappa shape index (κ3) is 3.40. The van der Waals surface area contributed by atoms with Gasteiger partial charge in [0.15, 0.2) is 0 Å². The molecule has 1 aromatic carbocycles. The first-order valence-electron chi connectivity index (χ1n) is 10.2. The Morgan fingerprint density at radius 2 is 1.79 bits per heavy atom. The lowest BCUT2D eigenvalue weighted by Crippen LogP contribution is -2.45. The summed E-state index contributed by atoms with van der Waals surface area (Å²) in [5.41, 5.74) is 2.69. The standard InChI is InChI=1S/C22H28N2O4/c1-14-3-6-17(15(2)11-14)20(26)23-9-7-22(8-10-23)12-18(21(27)28)24(13-22)19(25)16-4-5-16/h3,6,11,16,18H,4-5,7-10,12-13H2,1-2H3,(H,27,28)/t18-/m0/s1. The van der Waals surface area contributed by atoms with Crippen LogP contribution < -0.4 is 0 Å². The largest absolute Gasteiger partial charge is 0.480 e. The second-order valence-electron chi connectivity index (χ2n) is 8.91. The summed E-state index contributed by atoms with van der Waals surface area (Å²) < 4.78 is 0. The number of nitrogens with zero attached hydrogens (tertiary/aromatic N) is 2. The number of carboxylic acids is 1. The lowest BCUT2D eigenvalue weighted by Gasteiger charge is -2.39. The number of piperidine rings is 1. The Morgan fingerprint density at radius 1 is 1.11 bits per heavy atom. The predicted molar refractivity (Wildman–Crippen MR) is 104 cm³/mol. The van der Waals surface area contributed by atoms with Crippen LogP contribution in [-0.4, -0.2) is 58.4 Å². The van der Waals surface area contributed by atoms with Crippen molar-refractivity contribution in [2.24, 2.45) is 11.3 Å². The topological polar surface area (TPSA) is 77.9 Å². The Kier molecular flexibility index (Phi) is 4.68. The van der Waals surface area contributed by atoms with Gasteiger partial charge in [-0.1, -0.05) is 17.7 Å². The van der Waals surface area contributed by atoms with Crippen LogP contribution in [0.5, 0.6) is 0 Å². The number of carbonyl (C=O) groups excluding carboxylic acids is 2. The van der Waals surface area contributed by atoms with Crippen molar-refractivity contribution in [1.29, 1.82) is 0 Å². The van der Waals surface area contributed by atoms with Gasteiger partial charge in [-0.2, -0.15) is 0 Å². The molecule has 2 aliphatic heterocycles. The Balaban J connectivity index is 1.45. The summed E-state index contributed by atoms with van der Waals surface area (Å²) in [6.07, 6.45) is 3.77. The summed E-state index contributed by atoms with van der Waals surface area (Å²) in [4.78, 5) is 40.8. The van der Waals surface area contributed by atoms with Gasteiger partial charge < -0.3 is 14.9 Å². The highest BCUT2D eigenvalue weighted by Crippen LogP contribution is 2.45. The summed E-state index contributed by atoms with van der Waals surface area (Å²) in [7, 11) is 0. The maximum absolute atomic E-state index is 12.9. The van der Waals surface area contributed by atoms with Gasteiger partial charge in [0.1, 0.15) is 6.04 Å². The third-order valence-corrected chi connectivity index (χ3v) is 6.73. The quantitative estimate of drug-likeness (QED) is 0.869. The summed E-state index contributed by atoms with van der Waals surface area (Å²) in [6, 6.07) is 5.16. The van der Waals surface area contributed by atoms with Crippen molar-refractivity contribution in [3.8, 4) is 0 Å². The summed E-state index contributed by atoms with van der Waals surface area (Å²) in [6.45, 7) is 5.72. The van der Waals surface area contributed by atoms with Gasteiger partial charge in [-0.25, -0.2) is 4.79 Å². The molecule has 2 heterocycles. The van der Waals surface area contributed by atoms with Crippen molar-refractivity contribution in [1.82, 2.24) is 9.80 Å². The van der Waals surface area contributed by atoms with E-state index in [1.807, 2.05) is 36.9 Å². The first-order valence-corrected chi connectivity index (χ1v) is 10.2. The molecule has 2 saturated heterocycles. The highest BCUT2D eigenvalue weighted by atomic mass is 16.4. The first kappa shape index (κ1) is 19.0. The van der Waals surface area contributed by atoms with E-state index in [0.29, 0.717) is 26.1 Å². The minimum Gasteiger partial charge on any atom is -0.480 e. The molecule has 6 nitrogen and oxygen atoms in total. The minimum absolute atomic E-state index is 0.0121. The molecule has 150 valence electrons. The van der Waals surface area contributed by atoms with E-state index in [1.165, 1.54) is 0 Å². The van der Waals surface area contributed by atoms with Crippen LogP contribution in [0.2, 0.25) is 0 Å². The van der Waals surface area contributed by atoms with Crippen LogP contribution in [0.15, 0.2) is 18.2 Å². The zero-order valence-corrected chi connectivity index (χ0v) is 16.6. The molecule has 1 aromatic rings. The molecule has 4 rings (SSSR count). The number of amides is 2. The second kappa shape index (κ2) is 6.90. The number of likely N-dealkylation sites (tertiary alicyclic amines) is 2.